The molecule has 1 aliphatic heterocycles. The van der Waals surface area contributed by atoms with E-state index in [0.29, 0.717) is 0 Å². The lowest BCUT2D eigenvalue weighted by Gasteiger charge is -2.35. The number of benzene rings is 1. The van der Waals surface area contributed by atoms with Gasteiger partial charge in [-0.05, 0) is 29.9 Å². The molecule has 0 aliphatic carbocycles. The highest BCUT2D eigenvalue weighted by atomic mass is 32.1. The Labute approximate surface area is 225 Å². The van der Waals surface area contributed by atoms with E-state index in [1.807, 2.05) is 31.2 Å². The highest BCUT2D eigenvalue weighted by molar-refractivity contribution is 7.13. The van der Waals surface area contributed by atoms with E-state index >= 15 is 0 Å². The number of carboxylic acid groups (broad SMARTS) is 1. The molecule has 10 nitrogen and oxygen atoms in total. The van der Waals surface area contributed by atoms with Crippen LogP contribution in [-0.4, -0.2) is 63.1 Å². The van der Waals surface area contributed by atoms with E-state index < -0.39 is 41.2 Å². The Morgan fingerprint density at radius 2 is 1.84 bits per heavy atom. The third-order valence-corrected chi connectivity index (χ3v) is 7.35. The number of amides is 3. The Bertz CT molecular complexity index is 1200. The molecule has 0 saturated carbocycles. The molecule has 1 saturated heterocycles. The van der Waals surface area contributed by atoms with Gasteiger partial charge in [0.2, 0.25) is 17.7 Å². The summed E-state index contributed by atoms with van der Waals surface area (Å²) in [7, 11) is 0. The SMILES string of the molecule is Cc1ncsc1-c1ccc(CNC(=O)[C@@H]2CC(=O)CN2C(=O)[C@@H](NC(=O)CCCC(=O)O)C(C)(C)C)cc1. The van der Waals surface area contributed by atoms with Crippen LogP contribution in [0.1, 0.15) is 57.7 Å². The maximum atomic E-state index is 13.5. The number of carboxylic acids is 1. The summed E-state index contributed by atoms with van der Waals surface area (Å²) in [6, 6.07) is 5.79. The predicted molar refractivity (Wildman–Crippen MR) is 142 cm³/mol. The number of hydrogen-bond acceptors (Lipinski definition) is 7. The van der Waals surface area contributed by atoms with E-state index in [2.05, 4.69) is 15.6 Å². The molecular formula is C27H34N4O6S. The molecule has 3 N–H and O–H groups in total. The number of carbonyl (C=O) groups is 5. The van der Waals surface area contributed by atoms with Gasteiger partial charge in [0.25, 0.3) is 0 Å². The van der Waals surface area contributed by atoms with E-state index in [4.69, 9.17) is 5.11 Å². The van der Waals surface area contributed by atoms with Gasteiger partial charge in [0, 0.05) is 25.8 Å². The van der Waals surface area contributed by atoms with Crippen molar-refractivity contribution >= 4 is 40.8 Å². The van der Waals surface area contributed by atoms with Gasteiger partial charge in [-0.1, -0.05) is 45.0 Å². The molecule has 3 amide bonds. The smallest absolute Gasteiger partial charge is 0.303 e. The lowest BCUT2D eigenvalue weighted by Crippen LogP contribution is -2.57. The summed E-state index contributed by atoms with van der Waals surface area (Å²) in [5.74, 6) is -2.64. The molecule has 1 fully saturated rings. The predicted octanol–water partition coefficient (Wildman–Crippen LogP) is 2.69. The maximum Gasteiger partial charge on any atom is 0.303 e. The van der Waals surface area contributed by atoms with Gasteiger partial charge in [-0.15, -0.1) is 11.3 Å². The van der Waals surface area contributed by atoms with Crippen molar-refractivity contribution in [3.8, 4) is 10.4 Å². The van der Waals surface area contributed by atoms with Crippen LogP contribution in [0.15, 0.2) is 29.8 Å². The first kappa shape index (κ1) is 29.0. The van der Waals surface area contributed by atoms with Gasteiger partial charge in [0.05, 0.1) is 22.6 Å². The van der Waals surface area contributed by atoms with Crippen molar-refractivity contribution in [3.05, 3.63) is 41.0 Å². The van der Waals surface area contributed by atoms with Gasteiger partial charge in [-0.2, -0.15) is 0 Å². The standard InChI is InChI=1S/C27H34N4O6S/c1-16-23(38-15-29-16)18-10-8-17(9-11-18)13-28-25(36)20-12-19(32)14-31(20)26(37)24(27(2,3)4)30-21(33)6-5-7-22(34)35/h8-11,15,20,24H,5-7,12-14H2,1-4H3,(H,28,36)(H,30,33)(H,34,35)/t20-,24+/m0/s1. The zero-order valence-corrected chi connectivity index (χ0v) is 22.9. The third-order valence-electron chi connectivity index (χ3n) is 6.37. The minimum Gasteiger partial charge on any atom is -0.481 e. The summed E-state index contributed by atoms with van der Waals surface area (Å²) in [4.78, 5) is 68.6. The van der Waals surface area contributed by atoms with Gasteiger partial charge in [0.15, 0.2) is 5.78 Å². The molecule has 0 spiro atoms. The van der Waals surface area contributed by atoms with Gasteiger partial charge in [0.1, 0.15) is 12.1 Å². The molecule has 38 heavy (non-hydrogen) atoms. The van der Waals surface area contributed by atoms with Gasteiger partial charge in [-0.3, -0.25) is 24.0 Å². The number of nitrogens with one attached hydrogen (secondary N) is 2. The van der Waals surface area contributed by atoms with Crippen LogP contribution in [0, 0.1) is 12.3 Å². The number of hydrogen-bond donors (Lipinski definition) is 3. The second kappa shape index (κ2) is 12.3. The molecule has 2 aromatic rings. The number of Topliss-reactive ketones (excluding diaryl/α,β-unsaturated/α-hetero) is 1. The Balaban J connectivity index is 1.65. The topological polar surface area (TPSA) is 146 Å². The summed E-state index contributed by atoms with van der Waals surface area (Å²) < 4.78 is 0. The van der Waals surface area contributed by atoms with Crippen molar-refractivity contribution in [1.82, 2.24) is 20.5 Å². The molecule has 0 unspecified atom stereocenters. The van der Waals surface area contributed by atoms with Crippen LogP contribution < -0.4 is 10.6 Å². The van der Waals surface area contributed by atoms with Gasteiger partial charge in [-0.25, -0.2) is 4.98 Å². The third kappa shape index (κ3) is 7.47. The fourth-order valence-electron chi connectivity index (χ4n) is 4.26. The highest BCUT2D eigenvalue weighted by Crippen LogP contribution is 2.28. The van der Waals surface area contributed by atoms with Crippen LogP contribution in [0.3, 0.4) is 0 Å². The monoisotopic (exact) mass is 542 g/mol. The Morgan fingerprint density at radius 3 is 2.42 bits per heavy atom. The Kier molecular flexibility index (Phi) is 9.37. The van der Waals surface area contributed by atoms with Crippen LogP contribution in [0.4, 0.5) is 0 Å². The van der Waals surface area contributed by atoms with Crippen LogP contribution in [0.2, 0.25) is 0 Å². The van der Waals surface area contributed by atoms with Crippen LogP contribution in [-0.2, 0) is 30.5 Å². The second-order valence-electron chi connectivity index (χ2n) is 10.5. The van der Waals surface area contributed by atoms with E-state index in [1.165, 1.54) is 4.90 Å². The molecule has 1 aliphatic rings. The molecule has 0 radical (unpaired) electrons. The Morgan fingerprint density at radius 1 is 1.16 bits per heavy atom. The summed E-state index contributed by atoms with van der Waals surface area (Å²) in [5.41, 5.74) is 3.95. The quantitative estimate of drug-likeness (QED) is 0.418. The lowest BCUT2D eigenvalue weighted by molar-refractivity contribution is -0.144. The molecule has 11 heteroatoms. The first-order valence-corrected chi connectivity index (χ1v) is 13.3. The van der Waals surface area contributed by atoms with Crippen molar-refractivity contribution in [3.63, 3.8) is 0 Å². The zero-order chi connectivity index (χ0) is 28.0. The van der Waals surface area contributed by atoms with E-state index in [0.717, 1.165) is 21.7 Å². The number of aliphatic carboxylic acids is 1. The van der Waals surface area contributed by atoms with Crippen molar-refractivity contribution < 1.29 is 29.1 Å². The zero-order valence-electron chi connectivity index (χ0n) is 22.1. The number of aromatic nitrogens is 1. The largest absolute Gasteiger partial charge is 0.481 e. The molecule has 3 rings (SSSR count). The number of aryl methyl sites for hydroxylation is 1. The first-order chi connectivity index (χ1) is 17.9. The first-order valence-electron chi connectivity index (χ1n) is 12.5. The summed E-state index contributed by atoms with van der Waals surface area (Å²) in [6.07, 6.45) is -0.150. The number of nitrogens with zero attached hydrogens (tertiary/aromatic N) is 2. The molecule has 204 valence electrons. The van der Waals surface area contributed by atoms with Crippen molar-refractivity contribution in [1.29, 1.82) is 0 Å². The Hall–Kier alpha value is -3.60. The molecule has 2 heterocycles. The highest BCUT2D eigenvalue weighted by Gasteiger charge is 2.44. The van der Waals surface area contributed by atoms with Crippen LogP contribution >= 0.6 is 11.3 Å². The molecule has 0 bridgehead atoms. The average molecular weight is 543 g/mol. The lowest BCUT2D eigenvalue weighted by atomic mass is 9.85. The number of thiazole rings is 1. The average Bonchev–Trinajstić information content (AvgIpc) is 3.45. The van der Waals surface area contributed by atoms with E-state index in [1.54, 1.807) is 37.6 Å². The second-order valence-corrected chi connectivity index (χ2v) is 11.4. The van der Waals surface area contributed by atoms with Crippen molar-refractivity contribution in [2.75, 3.05) is 6.54 Å². The van der Waals surface area contributed by atoms with E-state index in [9.17, 15) is 24.0 Å². The molecule has 2 atom stereocenters. The van der Waals surface area contributed by atoms with Crippen molar-refractivity contribution in [2.45, 2.75) is 72.0 Å². The minimum atomic E-state index is -1.00. The normalized spacial score (nSPS) is 16.3. The fraction of sp³-hybridized carbons (Fsp3) is 0.481. The van der Waals surface area contributed by atoms with E-state index in [-0.39, 0.29) is 44.6 Å². The van der Waals surface area contributed by atoms with Gasteiger partial charge >= 0.3 is 5.97 Å². The number of likely N-dealkylation sites (tertiary alicyclic amines) is 1. The summed E-state index contributed by atoms with van der Waals surface area (Å²) in [6.45, 7) is 7.30. The van der Waals surface area contributed by atoms with Crippen molar-refractivity contribution in [2.24, 2.45) is 5.41 Å². The fourth-order valence-corrected chi connectivity index (χ4v) is 5.08. The minimum absolute atomic E-state index is 0.0453. The number of rotatable bonds is 10. The molecular weight excluding hydrogens is 508 g/mol. The van der Waals surface area contributed by atoms with Gasteiger partial charge < -0.3 is 20.6 Å². The van der Waals surface area contributed by atoms with Crippen LogP contribution in [0.25, 0.3) is 10.4 Å². The molecule has 1 aromatic carbocycles. The molecule has 1 aromatic heterocycles. The summed E-state index contributed by atoms with van der Waals surface area (Å²) >= 11 is 1.56. The van der Waals surface area contributed by atoms with Crippen LogP contribution in [0.5, 0.6) is 0 Å². The maximum absolute atomic E-state index is 13.5. The summed E-state index contributed by atoms with van der Waals surface area (Å²) in [5, 5.41) is 14.3. The number of carbonyl (C=O) groups excluding carboxylic acids is 4. The number of ketones is 1.